The van der Waals surface area contributed by atoms with Gasteiger partial charge in [0.05, 0.1) is 6.54 Å². The van der Waals surface area contributed by atoms with Gasteiger partial charge in [-0.05, 0) is 43.5 Å². The van der Waals surface area contributed by atoms with Gasteiger partial charge in [-0.15, -0.1) is 0 Å². The second-order valence-electron chi connectivity index (χ2n) is 6.54. The van der Waals surface area contributed by atoms with Crippen LogP contribution < -0.4 is 10.6 Å². The number of carbonyl (C=O) groups is 1. The summed E-state index contributed by atoms with van der Waals surface area (Å²) in [7, 11) is 2.00. The Hall–Kier alpha value is -2.41. The zero-order valence-electron chi connectivity index (χ0n) is 14.4. The molecule has 1 fully saturated rings. The second-order valence-corrected chi connectivity index (χ2v) is 6.54. The van der Waals surface area contributed by atoms with Gasteiger partial charge in [0, 0.05) is 38.2 Å². The van der Waals surface area contributed by atoms with Crippen LogP contribution in [0.2, 0.25) is 0 Å². The van der Waals surface area contributed by atoms with Crippen LogP contribution in [-0.2, 0) is 13.6 Å². The number of hydrogen-bond acceptors (Lipinski definition) is 3. The number of piperidine rings is 1. The molecule has 6 nitrogen and oxygen atoms in total. The molecule has 0 unspecified atom stereocenters. The van der Waals surface area contributed by atoms with Crippen molar-refractivity contribution in [2.45, 2.75) is 19.4 Å². The van der Waals surface area contributed by atoms with Crippen LogP contribution in [0.4, 0.5) is 14.9 Å². The monoisotopic (exact) mass is 345 g/mol. The van der Waals surface area contributed by atoms with E-state index in [1.54, 1.807) is 12.1 Å². The molecule has 3 rings (SSSR count). The summed E-state index contributed by atoms with van der Waals surface area (Å²) in [6.45, 7) is 3.43. The Kier molecular flexibility index (Phi) is 5.65. The first kappa shape index (κ1) is 17.4. The summed E-state index contributed by atoms with van der Waals surface area (Å²) >= 11 is 0. The highest BCUT2D eigenvalue weighted by Crippen LogP contribution is 2.17. The zero-order valence-corrected chi connectivity index (χ0v) is 14.4. The summed E-state index contributed by atoms with van der Waals surface area (Å²) in [5.74, 6) is 1.10. The van der Waals surface area contributed by atoms with Crippen molar-refractivity contribution < 1.29 is 9.18 Å². The molecule has 0 bridgehead atoms. The Balaban J connectivity index is 1.44. The lowest BCUT2D eigenvalue weighted by Gasteiger charge is -2.32. The molecular weight excluding hydrogens is 321 g/mol. The van der Waals surface area contributed by atoms with E-state index < -0.39 is 0 Å². The summed E-state index contributed by atoms with van der Waals surface area (Å²) in [6.07, 6.45) is 5.98. The van der Waals surface area contributed by atoms with Crippen molar-refractivity contribution in [3.8, 4) is 0 Å². The fraction of sp³-hybridized carbons (Fsp3) is 0.444. The van der Waals surface area contributed by atoms with Crippen LogP contribution in [0.5, 0.6) is 0 Å². The van der Waals surface area contributed by atoms with Crippen LogP contribution in [0, 0.1) is 11.7 Å². The third-order valence-corrected chi connectivity index (χ3v) is 4.52. The van der Waals surface area contributed by atoms with Crippen LogP contribution in [0.3, 0.4) is 0 Å². The van der Waals surface area contributed by atoms with Gasteiger partial charge in [0.25, 0.3) is 0 Å². The lowest BCUT2D eigenvalue weighted by Crippen LogP contribution is -2.41. The zero-order chi connectivity index (χ0) is 17.6. The van der Waals surface area contributed by atoms with Crippen molar-refractivity contribution in [1.29, 1.82) is 0 Å². The van der Waals surface area contributed by atoms with Crippen LogP contribution in [-0.4, -0.2) is 40.1 Å². The summed E-state index contributed by atoms with van der Waals surface area (Å²) in [4.78, 5) is 18.7. The Morgan fingerprint density at radius 2 is 2.32 bits per heavy atom. The van der Waals surface area contributed by atoms with Crippen LogP contribution in [0.25, 0.3) is 0 Å². The maximum Gasteiger partial charge on any atom is 0.319 e. The fourth-order valence-electron chi connectivity index (χ4n) is 3.19. The molecule has 1 aromatic heterocycles. The highest BCUT2D eigenvalue weighted by atomic mass is 19.1. The van der Waals surface area contributed by atoms with Crippen molar-refractivity contribution in [3.05, 3.63) is 48.3 Å². The van der Waals surface area contributed by atoms with E-state index in [-0.39, 0.29) is 11.8 Å². The van der Waals surface area contributed by atoms with E-state index in [1.807, 2.05) is 24.0 Å². The number of carbonyl (C=O) groups excluding carboxylic acids is 1. The smallest absolute Gasteiger partial charge is 0.319 e. The average Bonchev–Trinajstić information content (AvgIpc) is 2.98. The van der Waals surface area contributed by atoms with Gasteiger partial charge in [-0.1, -0.05) is 6.07 Å². The number of rotatable bonds is 5. The number of hydrogen-bond donors (Lipinski definition) is 2. The predicted octanol–water partition coefficient (Wildman–Crippen LogP) is 2.59. The summed E-state index contributed by atoms with van der Waals surface area (Å²) in [5.41, 5.74) is 0.456. The molecule has 2 amide bonds. The Morgan fingerprint density at radius 1 is 1.44 bits per heavy atom. The molecule has 0 saturated carbocycles. The maximum atomic E-state index is 13.1. The number of halogens is 1. The van der Waals surface area contributed by atoms with Crippen molar-refractivity contribution in [3.63, 3.8) is 0 Å². The summed E-state index contributed by atoms with van der Waals surface area (Å²) in [6, 6.07) is 5.59. The number of urea groups is 1. The van der Waals surface area contributed by atoms with Crippen molar-refractivity contribution in [1.82, 2.24) is 19.8 Å². The molecule has 1 atom stereocenters. The molecule has 25 heavy (non-hydrogen) atoms. The molecule has 1 aromatic carbocycles. The third-order valence-electron chi connectivity index (χ3n) is 4.52. The Bertz CT molecular complexity index is 717. The Labute approximate surface area is 147 Å². The number of imidazole rings is 1. The van der Waals surface area contributed by atoms with Crippen molar-refractivity contribution >= 4 is 11.7 Å². The molecule has 1 aliphatic rings. The third kappa shape index (κ3) is 5.03. The van der Waals surface area contributed by atoms with Crippen LogP contribution in [0.1, 0.15) is 18.7 Å². The lowest BCUT2D eigenvalue weighted by atomic mass is 9.98. The normalized spacial score (nSPS) is 18.1. The first-order valence-electron chi connectivity index (χ1n) is 8.59. The molecule has 134 valence electrons. The summed E-state index contributed by atoms with van der Waals surface area (Å²) in [5, 5.41) is 5.55. The number of nitrogens with one attached hydrogen (secondary N) is 2. The van der Waals surface area contributed by atoms with E-state index in [0.29, 0.717) is 18.2 Å². The number of amides is 2. The second kappa shape index (κ2) is 8.11. The number of aromatic nitrogens is 2. The number of nitrogens with zero attached hydrogens (tertiary/aromatic N) is 3. The van der Waals surface area contributed by atoms with Crippen molar-refractivity contribution in [2.24, 2.45) is 13.0 Å². The van der Waals surface area contributed by atoms with Gasteiger partial charge in [-0.3, -0.25) is 4.90 Å². The molecular formula is C18H24FN5O. The minimum Gasteiger partial charge on any atom is -0.338 e. The van der Waals surface area contributed by atoms with E-state index in [0.717, 1.165) is 38.3 Å². The van der Waals surface area contributed by atoms with Gasteiger partial charge in [-0.25, -0.2) is 14.2 Å². The quantitative estimate of drug-likeness (QED) is 0.876. The topological polar surface area (TPSA) is 62.2 Å². The molecule has 2 aromatic rings. The molecule has 7 heteroatoms. The maximum absolute atomic E-state index is 13.1. The van der Waals surface area contributed by atoms with Crippen LogP contribution in [0.15, 0.2) is 36.7 Å². The highest BCUT2D eigenvalue weighted by Gasteiger charge is 2.21. The van der Waals surface area contributed by atoms with Gasteiger partial charge in [0.15, 0.2) is 0 Å². The number of anilines is 1. The molecule has 0 aliphatic carbocycles. The summed E-state index contributed by atoms with van der Waals surface area (Å²) < 4.78 is 15.2. The number of likely N-dealkylation sites (tertiary alicyclic amines) is 1. The van der Waals surface area contributed by atoms with E-state index in [2.05, 4.69) is 20.5 Å². The van der Waals surface area contributed by atoms with E-state index in [9.17, 15) is 9.18 Å². The molecule has 0 radical (unpaired) electrons. The largest absolute Gasteiger partial charge is 0.338 e. The average molecular weight is 345 g/mol. The lowest BCUT2D eigenvalue weighted by molar-refractivity contribution is 0.161. The van der Waals surface area contributed by atoms with E-state index >= 15 is 0 Å². The Morgan fingerprint density at radius 3 is 3.08 bits per heavy atom. The van der Waals surface area contributed by atoms with Crippen molar-refractivity contribution in [2.75, 3.05) is 25.0 Å². The molecule has 0 spiro atoms. The van der Waals surface area contributed by atoms with Gasteiger partial charge in [0.2, 0.25) is 0 Å². The molecule has 1 saturated heterocycles. The molecule has 1 aliphatic heterocycles. The minimum atomic E-state index is -0.366. The number of benzene rings is 1. The first-order valence-corrected chi connectivity index (χ1v) is 8.59. The van der Waals surface area contributed by atoms with Gasteiger partial charge in [-0.2, -0.15) is 0 Å². The van der Waals surface area contributed by atoms with Gasteiger partial charge in [0.1, 0.15) is 11.6 Å². The van der Waals surface area contributed by atoms with Gasteiger partial charge < -0.3 is 15.2 Å². The van der Waals surface area contributed by atoms with E-state index in [1.165, 1.54) is 12.1 Å². The fourth-order valence-corrected chi connectivity index (χ4v) is 3.19. The van der Waals surface area contributed by atoms with Gasteiger partial charge >= 0.3 is 6.03 Å². The van der Waals surface area contributed by atoms with E-state index in [4.69, 9.17) is 0 Å². The van der Waals surface area contributed by atoms with Crippen LogP contribution >= 0.6 is 0 Å². The first-order chi connectivity index (χ1) is 12.1. The SMILES string of the molecule is Cn1ccnc1CN1CCC[C@H](CNC(=O)Nc2cccc(F)c2)C1. The molecule has 2 N–H and O–H groups in total. The minimum absolute atomic E-state index is 0.299. The predicted molar refractivity (Wildman–Crippen MR) is 94.6 cm³/mol. The molecule has 2 heterocycles. The standard InChI is InChI=1S/C18H24FN5O/c1-23-9-7-20-17(23)13-24-8-3-4-14(12-24)11-21-18(25)22-16-6-2-5-15(19)10-16/h2,5-7,9-10,14H,3-4,8,11-13H2,1H3,(H2,21,22,25)/t14-/m1/s1. The number of aryl methyl sites for hydroxylation is 1. The highest BCUT2D eigenvalue weighted by molar-refractivity contribution is 5.89.